The van der Waals surface area contributed by atoms with Gasteiger partial charge in [-0.3, -0.25) is 0 Å². The summed E-state index contributed by atoms with van der Waals surface area (Å²) in [6.45, 7) is 6.88. The lowest BCUT2D eigenvalue weighted by molar-refractivity contribution is 0.251. The third-order valence-corrected chi connectivity index (χ3v) is 3.45. The zero-order valence-electron chi connectivity index (χ0n) is 13.6. The zero-order chi connectivity index (χ0) is 15.5. The highest BCUT2D eigenvalue weighted by Crippen LogP contribution is 2.09. The summed E-state index contributed by atoms with van der Waals surface area (Å²) < 4.78 is 2.03. The van der Waals surface area contributed by atoms with Crippen molar-refractivity contribution in [2.45, 2.75) is 39.7 Å². The third-order valence-electron chi connectivity index (χ3n) is 3.45. The van der Waals surface area contributed by atoms with E-state index in [1.807, 2.05) is 17.8 Å². The van der Waals surface area contributed by atoms with Crippen LogP contribution in [0.25, 0.3) is 0 Å². The zero-order valence-corrected chi connectivity index (χ0v) is 13.6. The Kier molecular flexibility index (Phi) is 8.59. The number of guanidine groups is 1. The molecule has 1 rings (SSSR count). The maximum Gasteiger partial charge on any atom is 0.191 e. The first-order valence-corrected chi connectivity index (χ1v) is 7.93. The molecule has 0 bridgehead atoms. The number of hydrogen-bond acceptors (Lipinski definition) is 2. The molecule has 1 unspecified atom stereocenters. The third kappa shape index (κ3) is 7.18. The molecule has 1 atom stereocenters. The van der Waals surface area contributed by atoms with Crippen LogP contribution in [0, 0.1) is 5.92 Å². The molecule has 0 aromatic carbocycles. The van der Waals surface area contributed by atoms with Gasteiger partial charge in [-0.15, -0.1) is 0 Å². The number of aromatic nitrogens is 1. The van der Waals surface area contributed by atoms with Gasteiger partial charge in [0.25, 0.3) is 0 Å². The molecule has 0 spiro atoms. The number of aliphatic hydroxyl groups excluding tert-OH is 1. The van der Waals surface area contributed by atoms with Gasteiger partial charge in [0.2, 0.25) is 0 Å². The molecule has 21 heavy (non-hydrogen) atoms. The Hall–Kier alpha value is -1.49. The van der Waals surface area contributed by atoms with Crippen LogP contribution in [-0.4, -0.2) is 35.3 Å². The van der Waals surface area contributed by atoms with Crippen LogP contribution in [0.2, 0.25) is 0 Å². The summed E-state index contributed by atoms with van der Waals surface area (Å²) in [6.07, 6.45) is 7.23. The van der Waals surface area contributed by atoms with Crippen LogP contribution >= 0.6 is 0 Å². The quantitative estimate of drug-likeness (QED) is 0.481. The summed E-state index contributed by atoms with van der Waals surface area (Å²) >= 11 is 0. The second-order valence-corrected chi connectivity index (χ2v) is 5.43. The van der Waals surface area contributed by atoms with E-state index in [1.165, 1.54) is 5.56 Å². The Balaban J connectivity index is 2.51. The largest absolute Gasteiger partial charge is 0.396 e. The van der Waals surface area contributed by atoms with Crippen LogP contribution in [0.3, 0.4) is 0 Å². The van der Waals surface area contributed by atoms with Gasteiger partial charge in [-0.25, -0.2) is 4.99 Å². The monoisotopic (exact) mass is 294 g/mol. The smallest absolute Gasteiger partial charge is 0.191 e. The lowest BCUT2D eigenvalue weighted by Crippen LogP contribution is -2.40. The highest BCUT2D eigenvalue weighted by molar-refractivity contribution is 5.79. The maximum absolute atomic E-state index is 9.11. The van der Waals surface area contributed by atoms with Crippen molar-refractivity contribution >= 4 is 5.96 Å². The molecule has 0 saturated carbocycles. The van der Waals surface area contributed by atoms with Gasteiger partial charge in [-0.2, -0.15) is 0 Å². The molecule has 1 heterocycles. The molecule has 1 aromatic rings. The Morgan fingerprint density at radius 2 is 2.14 bits per heavy atom. The number of nitrogens with one attached hydrogen (secondary N) is 2. The molecule has 0 amide bonds. The van der Waals surface area contributed by atoms with E-state index in [2.05, 4.69) is 41.7 Å². The van der Waals surface area contributed by atoms with Crippen LogP contribution < -0.4 is 10.6 Å². The first-order chi connectivity index (χ1) is 10.2. The van der Waals surface area contributed by atoms with Gasteiger partial charge in [0.15, 0.2) is 5.96 Å². The highest BCUT2D eigenvalue weighted by atomic mass is 16.3. The van der Waals surface area contributed by atoms with Gasteiger partial charge in [0.05, 0.1) is 6.54 Å². The van der Waals surface area contributed by atoms with Crippen molar-refractivity contribution in [2.24, 2.45) is 18.0 Å². The molecular formula is C16H30N4O. The summed E-state index contributed by atoms with van der Waals surface area (Å²) in [7, 11) is 2.01. The number of aliphatic imine (C=N–C) groups is 1. The number of aliphatic hydroxyl groups is 1. The van der Waals surface area contributed by atoms with Gasteiger partial charge >= 0.3 is 0 Å². The lowest BCUT2D eigenvalue weighted by atomic mass is 10.0. The molecule has 120 valence electrons. The average molecular weight is 294 g/mol. The number of rotatable bonds is 9. The van der Waals surface area contributed by atoms with Crippen molar-refractivity contribution < 1.29 is 5.11 Å². The second kappa shape index (κ2) is 10.3. The molecule has 0 fully saturated rings. The number of hydrogen-bond donors (Lipinski definition) is 3. The molecule has 5 heteroatoms. The van der Waals surface area contributed by atoms with E-state index >= 15 is 0 Å². The predicted octanol–water partition coefficient (Wildman–Crippen LogP) is 1.88. The Labute approximate surface area is 128 Å². The van der Waals surface area contributed by atoms with Crippen molar-refractivity contribution in [3.8, 4) is 0 Å². The fraction of sp³-hybridized carbons (Fsp3) is 0.688. The Morgan fingerprint density at radius 1 is 1.33 bits per heavy atom. The molecule has 0 aliphatic rings. The number of nitrogens with zero attached hydrogens (tertiary/aromatic N) is 2. The Morgan fingerprint density at radius 3 is 2.71 bits per heavy atom. The molecule has 0 aliphatic carbocycles. The standard InChI is InChI=1S/C16H30N4O/c1-4-6-14(8-10-21)11-18-16(17-5-2)19-12-15-7-9-20(3)13-15/h7,9,13-14,21H,4-6,8,10-12H2,1-3H3,(H2,17,18,19). The van der Waals surface area contributed by atoms with Crippen LogP contribution in [0.1, 0.15) is 38.7 Å². The summed E-state index contributed by atoms with van der Waals surface area (Å²) in [4.78, 5) is 4.61. The van der Waals surface area contributed by atoms with Crippen molar-refractivity contribution in [3.05, 3.63) is 24.0 Å². The lowest BCUT2D eigenvalue weighted by Gasteiger charge is -2.18. The van der Waals surface area contributed by atoms with Gasteiger partial charge in [0, 0.05) is 39.1 Å². The molecule has 1 aromatic heterocycles. The highest BCUT2D eigenvalue weighted by Gasteiger charge is 2.08. The van der Waals surface area contributed by atoms with Crippen LogP contribution in [0.4, 0.5) is 0 Å². The van der Waals surface area contributed by atoms with Gasteiger partial charge < -0.3 is 20.3 Å². The SMILES string of the molecule is CCCC(CCO)CNC(=NCc1ccn(C)c1)NCC. The van der Waals surface area contributed by atoms with Crippen LogP contribution in [0.5, 0.6) is 0 Å². The minimum absolute atomic E-state index is 0.254. The average Bonchev–Trinajstić information content (AvgIpc) is 2.88. The van der Waals surface area contributed by atoms with E-state index in [0.29, 0.717) is 12.5 Å². The van der Waals surface area contributed by atoms with Crippen LogP contribution in [0.15, 0.2) is 23.5 Å². The summed E-state index contributed by atoms with van der Waals surface area (Å²) in [5, 5.41) is 15.8. The van der Waals surface area contributed by atoms with Crippen molar-refractivity contribution in [3.63, 3.8) is 0 Å². The van der Waals surface area contributed by atoms with Crippen molar-refractivity contribution in [2.75, 3.05) is 19.7 Å². The fourth-order valence-corrected chi connectivity index (χ4v) is 2.35. The van der Waals surface area contributed by atoms with Crippen LogP contribution in [-0.2, 0) is 13.6 Å². The fourth-order valence-electron chi connectivity index (χ4n) is 2.35. The number of aryl methyl sites for hydroxylation is 1. The molecule has 0 saturated heterocycles. The summed E-state index contributed by atoms with van der Waals surface area (Å²) in [6, 6.07) is 2.08. The normalized spacial score (nSPS) is 13.2. The summed E-state index contributed by atoms with van der Waals surface area (Å²) in [5.41, 5.74) is 1.20. The second-order valence-electron chi connectivity index (χ2n) is 5.43. The van der Waals surface area contributed by atoms with Gasteiger partial charge in [-0.1, -0.05) is 13.3 Å². The van der Waals surface area contributed by atoms with Crippen molar-refractivity contribution in [1.82, 2.24) is 15.2 Å². The van der Waals surface area contributed by atoms with Gasteiger partial charge in [-0.05, 0) is 37.3 Å². The molecule has 0 radical (unpaired) electrons. The van der Waals surface area contributed by atoms with E-state index in [4.69, 9.17) is 5.11 Å². The minimum Gasteiger partial charge on any atom is -0.396 e. The summed E-state index contributed by atoms with van der Waals surface area (Å²) in [5.74, 6) is 1.35. The first-order valence-electron chi connectivity index (χ1n) is 7.93. The van der Waals surface area contributed by atoms with E-state index in [1.54, 1.807) is 0 Å². The van der Waals surface area contributed by atoms with E-state index < -0.39 is 0 Å². The minimum atomic E-state index is 0.254. The van der Waals surface area contributed by atoms with Crippen molar-refractivity contribution in [1.29, 1.82) is 0 Å². The topological polar surface area (TPSA) is 61.6 Å². The molecule has 5 nitrogen and oxygen atoms in total. The Bertz CT molecular complexity index is 408. The van der Waals surface area contributed by atoms with Gasteiger partial charge in [0.1, 0.15) is 0 Å². The maximum atomic E-state index is 9.11. The molecule has 3 N–H and O–H groups in total. The van der Waals surface area contributed by atoms with E-state index in [-0.39, 0.29) is 6.61 Å². The van der Waals surface area contributed by atoms with E-state index in [9.17, 15) is 0 Å². The first kappa shape index (κ1) is 17.6. The predicted molar refractivity (Wildman–Crippen MR) is 88.3 cm³/mol. The van der Waals surface area contributed by atoms with E-state index in [0.717, 1.165) is 38.3 Å². The molecule has 0 aliphatic heterocycles. The molecular weight excluding hydrogens is 264 g/mol.